The summed E-state index contributed by atoms with van der Waals surface area (Å²) in [7, 11) is 0. The summed E-state index contributed by atoms with van der Waals surface area (Å²) in [6.07, 6.45) is 2.78. The van der Waals surface area contributed by atoms with Crippen LogP contribution < -0.4 is 5.32 Å². The maximum absolute atomic E-state index is 13.4. The van der Waals surface area contributed by atoms with E-state index in [0.29, 0.717) is 18.2 Å². The van der Waals surface area contributed by atoms with Gasteiger partial charge in [0.2, 0.25) is 0 Å². The molecule has 0 amide bonds. The van der Waals surface area contributed by atoms with E-state index in [-0.39, 0.29) is 5.82 Å². The van der Waals surface area contributed by atoms with Crippen LogP contribution in [-0.2, 0) is 11.3 Å². The summed E-state index contributed by atoms with van der Waals surface area (Å²) in [5.74, 6) is -0.217. The molecule has 6 heteroatoms. The zero-order valence-corrected chi connectivity index (χ0v) is 14.9. The third kappa shape index (κ3) is 6.55. The molecule has 0 bridgehead atoms. The highest BCUT2D eigenvalue weighted by atomic mass is 32.1. The van der Waals surface area contributed by atoms with Gasteiger partial charge in [0.15, 0.2) is 5.11 Å². The second-order valence-corrected chi connectivity index (χ2v) is 6.22. The molecule has 0 spiro atoms. The number of nitrogens with one attached hydrogen (secondary N) is 1. The van der Waals surface area contributed by atoms with Crippen molar-refractivity contribution in [1.29, 1.82) is 0 Å². The number of thiocarbonyl (C=S) groups is 1. The first-order chi connectivity index (χ1) is 11.7. The van der Waals surface area contributed by atoms with Crippen molar-refractivity contribution >= 4 is 17.3 Å². The predicted molar refractivity (Wildman–Crippen MR) is 99.5 cm³/mol. The lowest BCUT2D eigenvalue weighted by molar-refractivity contribution is 0.0367. The summed E-state index contributed by atoms with van der Waals surface area (Å²) < 4.78 is 18.8. The molecule has 1 heterocycles. The molecule has 1 aromatic rings. The maximum atomic E-state index is 13.4. The molecule has 1 fully saturated rings. The van der Waals surface area contributed by atoms with Crippen LogP contribution in [0.4, 0.5) is 4.39 Å². The lowest BCUT2D eigenvalue weighted by Crippen LogP contribution is -2.42. The van der Waals surface area contributed by atoms with E-state index in [1.54, 1.807) is 18.2 Å². The van der Waals surface area contributed by atoms with Gasteiger partial charge in [-0.1, -0.05) is 18.2 Å². The molecule has 1 aliphatic heterocycles. The van der Waals surface area contributed by atoms with Crippen LogP contribution >= 0.6 is 12.2 Å². The molecule has 1 N–H and O–H groups in total. The summed E-state index contributed by atoms with van der Waals surface area (Å²) in [5.41, 5.74) is 0.920. The average molecular weight is 351 g/mol. The first kappa shape index (κ1) is 18.8. The zero-order chi connectivity index (χ0) is 17.2. The molecule has 24 heavy (non-hydrogen) atoms. The van der Waals surface area contributed by atoms with Crippen LogP contribution in [0.2, 0.25) is 0 Å². The van der Waals surface area contributed by atoms with Gasteiger partial charge in [-0.25, -0.2) is 4.39 Å². The minimum absolute atomic E-state index is 0.217. The van der Waals surface area contributed by atoms with Gasteiger partial charge in [0.1, 0.15) is 5.82 Å². The molecule has 0 aliphatic carbocycles. The summed E-state index contributed by atoms with van der Waals surface area (Å²) in [4.78, 5) is 4.50. The summed E-state index contributed by atoms with van der Waals surface area (Å²) in [6, 6.07) is 6.68. The van der Waals surface area contributed by atoms with Gasteiger partial charge >= 0.3 is 0 Å². The van der Waals surface area contributed by atoms with E-state index < -0.39 is 0 Å². The standard InChI is InChI=1S/C18H26FN3OS/c1-2-7-20-18(24)22(15-16-5-3-6-17(19)14-16)9-4-8-21-10-12-23-13-11-21/h2-3,5-6,14H,1,4,7-13,15H2,(H,20,24). The fourth-order valence-corrected chi connectivity index (χ4v) is 2.93. The predicted octanol–water partition coefficient (Wildman–Crippen LogP) is 2.41. The maximum Gasteiger partial charge on any atom is 0.169 e. The Balaban J connectivity index is 1.88. The van der Waals surface area contributed by atoms with Gasteiger partial charge in [-0.05, 0) is 36.3 Å². The number of nitrogens with zero attached hydrogens (tertiary/aromatic N) is 2. The number of morpholine rings is 1. The van der Waals surface area contributed by atoms with Crippen LogP contribution in [0.3, 0.4) is 0 Å². The van der Waals surface area contributed by atoms with Crippen molar-refractivity contribution in [2.45, 2.75) is 13.0 Å². The van der Waals surface area contributed by atoms with E-state index >= 15 is 0 Å². The van der Waals surface area contributed by atoms with Crippen molar-refractivity contribution < 1.29 is 9.13 Å². The molecule has 0 aromatic heterocycles. The van der Waals surface area contributed by atoms with Crippen molar-refractivity contribution in [3.63, 3.8) is 0 Å². The SMILES string of the molecule is C=CCNC(=S)N(CCCN1CCOCC1)Cc1cccc(F)c1. The van der Waals surface area contributed by atoms with Crippen molar-refractivity contribution in [1.82, 2.24) is 15.1 Å². The van der Waals surface area contributed by atoms with Crippen molar-refractivity contribution in [2.24, 2.45) is 0 Å². The quantitative estimate of drug-likeness (QED) is 0.574. The van der Waals surface area contributed by atoms with Crippen molar-refractivity contribution in [2.75, 3.05) is 45.9 Å². The third-order valence-corrected chi connectivity index (χ3v) is 4.36. The van der Waals surface area contributed by atoms with Gasteiger partial charge in [0, 0.05) is 39.3 Å². The largest absolute Gasteiger partial charge is 0.379 e. The summed E-state index contributed by atoms with van der Waals surface area (Å²) in [5, 5.41) is 3.85. The van der Waals surface area contributed by atoms with Gasteiger partial charge in [0.05, 0.1) is 13.2 Å². The summed E-state index contributed by atoms with van der Waals surface area (Å²) >= 11 is 5.48. The zero-order valence-electron chi connectivity index (χ0n) is 14.0. The fourth-order valence-electron chi connectivity index (χ4n) is 2.69. The minimum Gasteiger partial charge on any atom is -0.379 e. The smallest absolute Gasteiger partial charge is 0.169 e. The Labute approximate surface area is 149 Å². The molecule has 0 atom stereocenters. The summed E-state index contributed by atoms with van der Waals surface area (Å²) in [6.45, 7) is 10.4. The van der Waals surface area contributed by atoms with E-state index in [1.807, 2.05) is 6.07 Å². The Bertz CT molecular complexity index is 535. The van der Waals surface area contributed by atoms with Crippen LogP contribution in [0.15, 0.2) is 36.9 Å². The first-order valence-corrected chi connectivity index (χ1v) is 8.78. The van der Waals surface area contributed by atoms with Gasteiger partial charge in [-0.15, -0.1) is 6.58 Å². The van der Waals surface area contributed by atoms with Gasteiger partial charge < -0.3 is 15.0 Å². The highest BCUT2D eigenvalue weighted by Crippen LogP contribution is 2.09. The topological polar surface area (TPSA) is 27.7 Å². The second-order valence-electron chi connectivity index (χ2n) is 5.83. The first-order valence-electron chi connectivity index (χ1n) is 8.37. The molecule has 0 radical (unpaired) electrons. The Morgan fingerprint density at radius 3 is 2.92 bits per heavy atom. The van der Waals surface area contributed by atoms with Gasteiger partial charge in [-0.2, -0.15) is 0 Å². The van der Waals surface area contributed by atoms with Crippen molar-refractivity contribution in [3.05, 3.63) is 48.3 Å². The Morgan fingerprint density at radius 2 is 2.21 bits per heavy atom. The van der Waals surface area contributed by atoms with Crippen LogP contribution in [0.5, 0.6) is 0 Å². The Morgan fingerprint density at radius 1 is 1.42 bits per heavy atom. The van der Waals surface area contributed by atoms with Gasteiger partial charge in [-0.3, -0.25) is 4.90 Å². The van der Waals surface area contributed by atoms with E-state index in [1.165, 1.54) is 6.07 Å². The number of hydrogen-bond donors (Lipinski definition) is 1. The highest BCUT2D eigenvalue weighted by Gasteiger charge is 2.13. The molecular weight excluding hydrogens is 325 g/mol. The van der Waals surface area contributed by atoms with Crippen LogP contribution in [0.1, 0.15) is 12.0 Å². The van der Waals surface area contributed by atoms with Crippen LogP contribution in [-0.4, -0.2) is 60.8 Å². The molecule has 132 valence electrons. The monoisotopic (exact) mass is 351 g/mol. The molecule has 1 aromatic carbocycles. The minimum atomic E-state index is -0.217. The number of hydrogen-bond acceptors (Lipinski definition) is 3. The second kappa shape index (κ2) is 10.4. The Kier molecular flexibility index (Phi) is 8.15. The van der Waals surface area contributed by atoms with Crippen molar-refractivity contribution in [3.8, 4) is 0 Å². The van der Waals surface area contributed by atoms with Crippen LogP contribution in [0, 0.1) is 5.82 Å². The number of halogens is 1. The molecule has 0 unspecified atom stereocenters. The van der Waals surface area contributed by atoms with Crippen LogP contribution in [0.25, 0.3) is 0 Å². The Hall–Kier alpha value is -1.50. The third-order valence-electron chi connectivity index (χ3n) is 3.95. The normalized spacial score (nSPS) is 15.0. The fraction of sp³-hybridized carbons (Fsp3) is 0.500. The number of ether oxygens (including phenoxy) is 1. The molecule has 1 saturated heterocycles. The lowest BCUT2D eigenvalue weighted by Gasteiger charge is -2.29. The highest BCUT2D eigenvalue weighted by molar-refractivity contribution is 7.80. The van der Waals surface area contributed by atoms with E-state index in [2.05, 4.69) is 21.7 Å². The van der Waals surface area contributed by atoms with E-state index in [4.69, 9.17) is 17.0 Å². The number of benzene rings is 1. The van der Waals surface area contributed by atoms with E-state index in [0.717, 1.165) is 51.4 Å². The van der Waals surface area contributed by atoms with Gasteiger partial charge in [0.25, 0.3) is 0 Å². The van der Waals surface area contributed by atoms with E-state index in [9.17, 15) is 4.39 Å². The lowest BCUT2D eigenvalue weighted by atomic mass is 10.2. The number of rotatable bonds is 8. The molecule has 1 aliphatic rings. The molecule has 0 saturated carbocycles. The average Bonchev–Trinajstić information content (AvgIpc) is 2.60. The molecular formula is C18H26FN3OS. The molecule has 4 nitrogen and oxygen atoms in total. The molecule has 2 rings (SSSR count).